The number of amides is 2. The van der Waals surface area contributed by atoms with Gasteiger partial charge in [-0.25, -0.2) is 14.8 Å². The van der Waals surface area contributed by atoms with Gasteiger partial charge in [0.2, 0.25) is 0 Å². The summed E-state index contributed by atoms with van der Waals surface area (Å²) >= 11 is 1.54. The monoisotopic (exact) mass is 265 g/mol. The molecular weight excluding hydrogens is 250 g/mol. The minimum atomic E-state index is -0.131. The van der Waals surface area contributed by atoms with Crippen molar-refractivity contribution < 1.29 is 4.79 Å². The van der Waals surface area contributed by atoms with E-state index in [2.05, 4.69) is 15.3 Å². The van der Waals surface area contributed by atoms with Crippen molar-refractivity contribution in [3.05, 3.63) is 34.8 Å². The van der Waals surface area contributed by atoms with Gasteiger partial charge in [-0.1, -0.05) is 0 Å². The van der Waals surface area contributed by atoms with Crippen molar-refractivity contribution in [2.24, 2.45) is 7.05 Å². The number of imidazole rings is 1. The predicted octanol–water partition coefficient (Wildman–Crippen LogP) is 1.22. The van der Waals surface area contributed by atoms with Crippen LogP contribution in [-0.2, 0) is 20.1 Å². The average molecular weight is 265 g/mol. The van der Waals surface area contributed by atoms with E-state index < -0.39 is 0 Å². The Labute approximate surface area is 109 Å². The van der Waals surface area contributed by atoms with Crippen molar-refractivity contribution in [1.82, 2.24) is 24.8 Å². The van der Waals surface area contributed by atoms with Gasteiger partial charge >= 0.3 is 6.03 Å². The first-order valence-corrected chi connectivity index (χ1v) is 6.38. The lowest BCUT2D eigenvalue weighted by molar-refractivity contribution is 0.206. The van der Waals surface area contributed by atoms with Crippen LogP contribution in [0, 0.1) is 0 Å². The van der Waals surface area contributed by atoms with Crippen LogP contribution in [0.3, 0.4) is 0 Å². The lowest BCUT2D eigenvalue weighted by Gasteiger charge is -2.16. The van der Waals surface area contributed by atoms with E-state index in [0.717, 1.165) is 10.8 Å². The summed E-state index contributed by atoms with van der Waals surface area (Å²) in [7, 11) is 3.64. The Morgan fingerprint density at radius 3 is 2.94 bits per heavy atom. The van der Waals surface area contributed by atoms with Crippen LogP contribution in [0.25, 0.3) is 0 Å². The van der Waals surface area contributed by atoms with Crippen molar-refractivity contribution in [3.8, 4) is 0 Å². The number of hydrogen-bond acceptors (Lipinski definition) is 4. The average Bonchev–Trinajstić information content (AvgIpc) is 2.98. The minimum Gasteiger partial charge on any atom is -0.337 e. The summed E-state index contributed by atoms with van der Waals surface area (Å²) in [6.45, 7) is 0.939. The lowest BCUT2D eigenvalue weighted by atomic mass is 10.5. The predicted molar refractivity (Wildman–Crippen MR) is 69.0 cm³/mol. The van der Waals surface area contributed by atoms with Crippen molar-refractivity contribution in [2.75, 3.05) is 7.05 Å². The number of aromatic nitrogens is 3. The van der Waals surface area contributed by atoms with Crippen LogP contribution < -0.4 is 5.32 Å². The zero-order valence-electron chi connectivity index (χ0n) is 10.3. The van der Waals surface area contributed by atoms with Gasteiger partial charge in [0, 0.05) is 38.1 Å². The minimum absolute atomic E-state index is 0.131. The van der Waals surface area contributed by atoms with E-state index >= 15 is 0 Å². The first-order valence-electron chi connectivity index (χ1n) is 5.50. The number of thiazole rings is 1. The van der Waals surface area contributed by atoms with E-state index in [-0.39, 0.29) is 6.03 Å². The molecule has 2 amide bonds. The highest BCUT2D eigenvalue weighted by atomic mass is 32.1. The smallest absolute Gasteiger partial charge is 0.317 e. The maximum Gasteiger partial charge on any atom is 0.317 e. The van der Waals surface area contributed by atoms with Crippen molar-refractivity contribution in [1.29, 1.82) is 0 Å². The van der Waals surface area contributed by atoms with Gasteiger partial charge < -0.3 is 14.8 Å². The van der Waals surface area contributed by atoms with Crippen LogP contribution in [0.1, 0.15) is 10.8 Å². The normalized spacial score (nSPS) is 10.3. The van der Waals surface area contributed by atoms with Gasteiger partial charge in [-0.2, -0.15) is 0 Å². The van der Waals surface area contributed by atoms with Crippen LogP contribution >= 0.6 is 11.3 Å². The van der Waals surface area contributed by atoms with Gasteiger partial charge in [-0.3, -0.25) is 0 Å². The van der Waals surface area contributed by atoms with Gasteiger partial charge in [-0.05, 0) is 0 Å². The topological polar surface area (TPSA) is 63.1 Å². The van der Waals surface area contributed by atoms with E-state index in [1.165, 1.54) is 11.3 Å². The van der Waals surface area contributed by atoms with Crippen molar-refractivity contribution >= 4 is 17.4 Å². The molecule has 6 nitrogen and oxygen atoms in total. The molecule has 1 N–H and O–H groups in total. The Bertz CT molecular complexity index is 507. The molecule has 7 heteroatoms. The zero-order valence-corrected chi connectivity index (χ0v) is 11.1. The molecule has 0 fully saturated rings. The maximum atomic E-state index is 11.8. The third kappa shape index (κ3) is 3.07. The van der Waals surface area contributed by atoms with Crippen LogP contribution in [0.4, 0.5) is 4.79 Å². The van der Waals surface area contributed by atoms with Crippen molar-refractivity contribution in [2.45, 2.75) is 13.1 Å². The van der Waals surface area contributed by atoms with Gasteiger partial charge in [0.1, 0.15) is 10.8 Å². The van der Waals surface area contributed by atoms with Gasteiger partial charge in [0.05, 0.1) is 13.1 Å². The fourth-order valence-corrected chi connectivity index (χ4v) is 2.13. The quantitative estimate of drug-likeness (QED) is 0.904. The molecule has 0 unspecified atom stereocenters. The zero-order chi connectivity index (χ0) is 13.0. The molecule has 2 rings (SSSR count). The van der Waals surface area contributed by atoms with Gasteiger partial charge in [-0.15, -0.1) is 11.3 Å². The van der Waals surface area contributed by atoms with E-state index in [4.69, 9.17) is 0 Å². The fraction of sp³-hybridized carbons (Fsp3) is 0.364. The molecule has 0 aliphatic rings. The molecule has 0 radical (unpaired) electrons. The van der Waals surface area contributed by atoms with E-state index in [9.17, 15) is 4.79 Å². The molecule has 2 aromatic heterocycles. The van der Waals surface area contributed by atoms with Crippen LogP contribution in [0.15, 0.2) is 24.0 Å². The first-order chi connectivity index (χ1) is 8.66. The number of rotatable bonds is 4. The standard InChI is InChI=1S/C11H15N5OS/c1-15-5-3-12-9(15)7-14-11(17)16(2)8-10-13-4-6-18-10/h3-6H,7-8H2,1-2H3,(H,14,17). The molecule has 0 atom stereocenters. The Hall–Kier alpha value is -1.89. The summed E-state index contributed by atoms with van der Waals surface area (Å²) in [5.41, 5.74) is 0. The number of aryl methyl sites for hydroxylation is 1. The van der Waals surface area contributed by atoms with Crippen molar-refractivity contribution in [3.63, 3.8) is 0 Å². The highest BCUT2D eigenvalue weighted by Crippen LogP contribution is 2.06. The Kier molecular flexibility index (Phi) is 3.93. The van der Waals surface area contributed by atoms with Crippen LogP contribution in [0.5, 0.6) is 0 Å². The number of nitrogens with zero attached hydrogens (tertiary/aromatic N) is 4. The molecule has 0 saturated carbocycles. The maximum absolute atomic E-state index is 11.8. The van der Waals surface area contributed by atoms with Gasteiger partial charge in [0.25, 0.3) is 0 Å². The molecule has 18 heavy (non-hydrogen) atoms. The summed E-state index contributed by atoms with van der Waals surface area (Å²) < 4.78 is 1.88. The molecular formula is C11H15N5OS. The van der Waals surface area contributed by atoms with Crippen LogP contribution in [-0.4, -0.2) is 32.5 Å². The molecule has 0 aromatic carbocycles. The second-order valence-corrected chi connectivity index (χ2v) is 4.87. The molecule has 0 aliphatic carbocycles. The highest BCUT2D eigenvalue weighted by molar-refractivity contribution is 7.09. The molecule has 0 spiro atoms. The third-order valence-electron chi connectivity index (χ3n) is 2.52. The number of urea groups is 1. The number of hydrogen-bond donors (Lipinski definition) is 1. The summed E-state index contributed by atoms with van der Waals surface area (Å²) in [5.74, 6) is 0.825. The Morgan fingerprint density at radius 1 is 1.50 bits per heavy atom. The molecule has 0 saturated heterocycles. The number of carbonyl (C=O) groups is 1. The molecule has 0 aliphatic heterocycles. The van der Waals surface area contributed by atoms with E-state index in [0.29, 0.717) is 13.1 Å². The summed E-state index contributed by atoms with van der Waals surface area (Å²) in [4.78, 5) is 21.7. The molecule has 2 heterocycles. The van der Waals surface area contributed by atoms with E-state index in [1.807, 2.05) is 23.2 Å². The molecule has 2 aromatic rings. The number of nitrogens with one attached hydrogen (secondary N) is 1. The largest absolute Gasteiger partial charge is 0.337 e. The van der Waals surface area contributed by atoms with E-state index in [1.54, 1.807) is 24.3 Å². The fourth-order valence-electron chi connectivity index (χ4n) is 1.46. The SMILES string of the molecule is CN(Cc1nccs1)C(=O)NCc1nccn1C. The second kappa shape index (κ2) is 5.63. The number of carbonyl (C=O) groups excluding carboxylic acids is 1. The Balaban J connectivity index is 1.82. The summed E-state index contributed by atoms with van der Waals surface area (Å²) in [6.07, 6.45) is 5.29. The third-order valence-corrected chi connectivity index (χ3v) is 3.29. The molecule has 0 bridgehead atoms. The van der Waals surface area contributed by atoms with Crippen LogP contribution in [0.2, 0.25) is 0 Å². The van der Waals surface area contributed by atoms with Gasteiger partial charge in [0.15, 0.2) is 0 Å². The summed E-state index contributed by atoms with van der Waals surface area (Å²) in [6, 6.07) is -0.131. The summed E-state index contributed by atoms with van der Waals surface area (Å²) in [5, 5.41) is 5.64. The highest BCUT2D eigenvalue weighted by Gasteiger charge is 2.10. The first kappa shape index (κ1) is 12.6. The second-order valence-electron chi connectivity index (χ2n) is 3.89. The Morgan fingerprint density at radius 2 is 2.33 bits per heavy atom. The molecule has 96 valence electrons. The lowest BCUT2D eigenvalue weighted by Crippen LogP contribution is -2.36.